The molecule has 9 heteroatoms. The number of amides is 1. The molecule has 3 heterocycles. The van der Waals surface area contributed by atoms with Crippen LogP contribution in [0.25, 0.3) is 11.5 Å². The normalized spacial score (nSPS) is 10.6. The molecular weight excluding hydrogens is 335 g/mol. The van der Waals surface area contributed by atoms with E-state index in [-0.39, 0.29) is 17.5 Å². The lowest BCUT2D eigenvalue weighted by Gasteiger charge is -1.97. The van der Waals surface area contributed by atoms with Crippen LogP contribution >= 0.6 is 34.5 Å². The van der Waals surface area contributed by atoms with Crippen LogP contribution in [0.5, 0.6) is 0 Å². The topological polar surface area (TPSA) is 80.9 Å². The van der Waals surface area contributed by atoms with E-state index < -0.39 is 5.91 Å². The maximum Gasteiger partial charge on any atom is 0.322 e. The van der Waals surface area contributed by atoms with Crippen LogP contribution in [0.3, 0.4) is 0 Å². The van der Waals surface area contributed by atoms with Gasteiger partial charge in [-0.15, -0.1) is 16.4 Å². The van der Waals surface area contributed by atoms with Crippen molar-refractivity contribution in [3.63, 3.8) is 0 Å². The SMILES string of the molecule is O=C(Nc1nnc(-c2ccncc2)o1)c1cc(Cl)sc1Cl. The van der Waals surface area contributed by atoms with Crippen molar-refractivity contribution in [2.24, 2.45) is 0 Å². The number of halogens is 2. The van der Waals surface area contributed by atoms with Gasteiger partial charge in [0, 0.05) is 18.0 Å². The molecule has 0 bridgehead atoms. The van der Waals surface area contributed by atoms with Gasteiger partial charge in [-0.25, -0.2) is 0 Å². The second-order valence-electron chi connectivity index (χ2n) is 3.84. The standard InChI is InChI=1S/C12H6Cl2N4O2S/c13-8-5-7(9(14)21-8)10(19)16-12-18-17-11(20-12)6-1-3-15-4-2-6/h1-5H,(H,16,18,19). The van der Waals surface area contributed by atoms with Gasteiger partial charge >= 0.3 is 6.01 Å². The van der Waals surface area contributed by atoms with Crippen molar-refractivity contribution < 1.29 is 9.21 Å². The first-order chi connectivity index (χ1) is 10.1. The fraction of sp³-hybridized carbons (Fsp3) is 0. The highest BCUT2D eigenvalue weighted by Crippen LogP contribution is 2.31. The summed E-state index contributed by atoms with van der Waals surface area (Å²) in [6, 6.07) is 4.89. The molecule has 3 aromatic rings. The molecule has 21 heavy (non-hydrogen) atoms. The monoisotopic (exact) mass is 340 g/mol. The summed E-state index contributed by atoms with van der Waals surface area (Å²) in [5, 5.41) is 10.1. The Morgan fingerprint density at radius 1 is 1.24 bits per heavy atom. The second-order valence-corrected chi connectivity index (χ2v) is 6.13. The van der Waals surface area contributed by atoms with Crippen molar-refractivity contribution in [3.05, 3.63) is 44.8 Å². The first kappa shape index (κ1) is 14.0. The zero-order chi connectivity index (χ0) is 14.8. The van der Waals surface area contributed by atoms with Crippen LogP contribution in [0.15, 0.2) is 35.0 Å². The Balaban J connectivity index is 1.79. The fourth-order valence-electron chi connectivity index (χ4n) is 1.54. The molecule has 0 unspecified atom stereocenters. The minimum absolute atomic E-state index is 0.0230. The van der Waals surface area contributed by atoms with Crippen LogP contribution in [0.4, 0.5) is 6.01 Å². The number of nitrogens with one attached hydrogen (secondary N) is 1. The molecule has 3 rings (SSSR count). The maximum absolute atomic E-state index is 12.0. The molecule has 6 nitrogen and oxygen atoms in total. The van der Waals surface area contributed by atoms with E-state index in [0.717, 1.165) is 11.3 Å². The molecule has 1 amide bonds. The average Bonchev–Trinajstić information content (AvgIpc) is 3.06. The van der Waals surface area contributed by atoms with Crippen molar-refractivity contribution in [1.82, 2.24) is 15.2 Å². The predicted molar refractivity (Wildman–Crippen MR) is 79.8 cm³/mol. The average molecular weight is 341 g/mol. The molecule has 1 N–H and O–H groups in total. The number of nitrogens with zero attached hydrogens (tertiary/aromatic N) is 3. The molecule has 0 atom stereocenters. The van der Waals surface area contributed by atoms with E-state index in [1.54, 1.807) is 24.5 Å². The molecule has 0 aliphatic rings. The summed E-state index contributed by atoms with van der Waals surface area (Å²) in [5.41, 5.74) is 0.963. The van der Waals surface area contributed by atoms with Crippen molar-refractivity contribution in [1.29, 1.82) is 0 Å². The zero-order valence-corrected chi connectivity index (χ0v) is 12.5. The van der Waals surface area contributed by atoms with Crippen molar-refractivity contribution in [3.8, 4) is 11.5 Å². The highest BCUT2D eigenvalue weighted by molar-refractivity contribution is 7.20. The fourth-order valence-corrected chi connectivity index (χ4v) is 3.00. The van der Waals surface area contributed by atoms with Gasteiger partial charge in [-0.1, -0.05) is 28.3 Å². The summed E-state index contributed by atoms with van der Waals surface area (Å²) in [6.45, 7) is 0. The number of carbonyl (C=O) groups excluding carboxylic acids is 1. The molecular formula is C12H6Cl2N4O2S. The number of anilines is 1. The number of hydrogen-bond donors (Lipinski definition) is 1. The first-order valence-corrected chi connectivity index (χ1v) is 7.21. The quantitative estimate of drug-likeness (QED) is 0.785. The first-order valence-electron chi connectivity index (χ1n) is 5.63. The summed E-state index contributed by atoms with van der Waals surface area (Å²) >= 11 is 12.8. The molecule has 0 fully saturated rings. The summed E-state index contributed by atoms with van der Waals surface area (Å²) in [7, 11) is 0. The van der Waals surface area contributed by atoms with E-state index in [0.29, 0.717) is 14.2 Å². The minimum atomic E-state index is -0.465. The highest BCUT2D eigenvalue weighted by Gasteiger charge is 2.17. The minimum Gasteiger partial charge on any atom is -0.403 e. The lowest BCUT2D eigenvalue weighted by atomic mass is 10.3. The molecule has 0 aliphatic heterocycles. The second kappa shape index (κ2) is 5.80. The number of rotatable bonds is 3. The molecule has 0 saturated carbocycles. The molecule has 0 aliphatic carbocycles. The number of carbonyl (C=O) groups is 1. The lowest BCUT2D eigenvalue weighted by molar-refractivity contribution is 0.102. The predicted octanol–water partition coefficient (Wildman–Crippen LogP) is 3.75. The van der Waals surface area contributed by atoms with Gasteiger partial charge in [0.05, 0.1) is 9.90 Å². The Morgan fingerprint density at radius 3 is 2.67 bits per heavy atom. The van der Waals surface area contributed by atoms with Gasteiger partial charge in [-0.05, 0) is 18.2 Å². The molecule has 0 spiro atoms. The van der Waals surface area contributed by atoms with Crippen LogP contribution in [0.2, 0.25) is 8.67 Å². The Hall–Kier alpha value is -1.96. The van der Waals surface area contributed by atoms with E-state index in [2.05, 4.69) is 20.5 Å². The van der Waals surface area contributed by atoms with Gasteiger partial charge in [0.15, 0.2) is 0 Å². The van der Waals surface area contributed by atoms with Crippen molar-refractivity contribution >= 4 is 46.5 Å². The van der Waals surface area contributed by atoms with Crippen LogP contribution in [-0.2, 0) is 0 Å². The van der Waals surface area contributed by atoms with E-state index in [4.69, 9.17) is 27.6 Å². The van der Waals surface area contributed by atoms with Gasteiger partial charge in [-0.3, -0.25) is 15.1 Å². The number of aromatic nitrogens is 3. The van der Waals surface area contributed by atoms with Crippen molar-refractivity contribution in [2.45, 2.75) is 0 Å². The Morgan fingerprint density at radius 2 is 2.00 bits per heavy atom. The third-order valence-corrected chi connectivity index (χ3v) is 3.96. The van der Waals surface area contributed by atoms with E-state index >= 15 is 0 Å². The van der Waals surface area contributed by atoms with Crippen LogP contribution < -0.4 is 5.32 Å². The molecule has 0 aromatic carbocycles. The molecule has 0 saturated heterocycles. The molecule has 106 valence electrons. The number of pyridine rings is 1. The van der Waals surface area contributed by atoms with Gasteiger partial charge in [0.1, 0.15) is 4.34 Å². The van der Waals surface area contributed by atoms with Gasteiger partial charge in [0.2, 0.25) is 5.89 Å². The number of thiophene rings is 1. The summed E-state index contributed by atoms with van der Waals surface area (Å²) in [5.74, 6) is -0.185. The van der Waals surface area contributed by atoms with Gasteiger partial charge in [0.25, 0.3) is 5.91 Å². The Kier molecular flexibility index (Phi) is 3.87. The summed E-state index contributed by atoms with van der Waals surface area (Å²) < 4.78 is 6.08. The third-order valence-electron chi connectivity index (χ3n) is 2.47. The highest BCUT2D eigenvalue weighted by atomic mass is 35.5. The summed E-state index contributed by atoms with van der Waals surface area (Å²) in [6.07, 6.45) is 3.20. The zero-order valence-electron chi connectivity index (χ0n) is 10.2. The van der Waals surface area contributed by atoms with Gasteiger partial charge < -0.3 is 4.42 Å². The molecule has 3 aromatic heterocycles. The van der Waals surface area contributed by atoms with Crippen LogP contribution in [-0.4, -0.2) is 21.1 Å². The summed E-state index contributed by atoms with van der Waals surface area (Å²) in [4.78, 5) is 15.9. The molecule has 0 radical (unpaired) electrons. The largest absolute Gasteiger partial charge is 0.403 e. The van der Waals surface area contributed by atoms with Crippen LogP contribution in [0.1, 0.15) is 10.4 Å². The van der Waals surface area contributed by atoms with Gasteiger partial charge in [-0.2, -0.15) is 0 Å². The smallest absolute Gasteiger partial charge is 0.322 e. The maximum atomic E-state index is 12.0. The van der Waals surface area contributed by atoms with E-state index in [1.807, 2.05) is 0 Å². The van der Waals surface area contributed by atoms with E-state index in [9.17, 15) is 4.79 Å². The number of hydrogen-bond acceptors (Lipinski definition) is 6. The Labute approximate surface area is 132 Å². The van der Waals surface area contributed by atoms with Crippen LogP contribution in [0, 0.1) is 0 Å². The Bertz CT molecular complexity index is 788. The third kappa shape index (κ3) is 3.05. The lowest BCUT2D eigenvalue weighted by Crippen LogP contribution is -2.11. The van der Waals surface area contributed by atoms with E-state index in [1.165, 1.54) is 6.07 Å². The van der Waals surface area contributed by atoms with Crippen molar-refractivity contribution in [2.75, 3.05) is 5.32 Å².